The Bertz CT molecular complexity index is 1780. The summed E-state index contributed by atoms with van der Waals surface area (Å²) in [6.07, 6.45) is 1.55. The first-order chi connectivity index (χ1) is 34.8. The highest BCUT2D eigenvalue weighted by Crippen LogP contribution is 2.34. The minimum atomic E-state index is -1.28. The van der Waals surface area contributed by atoms with E-state index >= 15 is 0 Å². The first-order valence-corrected chi connectivity index (χ1v) is 25.4. The molecule has 3 aliphatic heterocycles. The molecule has 404 valence electrons. The van der Waals surface area contributed by atoms with Crippen molar-refractivity contribution in [2.24, 2.45) is 0 Å². The van der Waals surface area contributed by atoms with Gasteiger partial charge in [-0.2, -0.15) is 11.8 Å². The van der Waals surface area contributed by atoms with Gasteiger partial charge in [-0.1, -0.05) is 6.42 Å². The number of hydrogen-bond donors (Lipinski definition) is 7. The normalized spacial score (nSPS) is 21.7. The third-order valence-electron chi connectivity index (χ3n) is 11.1. The number of nitrogen functional groups attached to an aromatic ring is 1. The van der Waals surface area contributed by atoms with Crippen molar-refractivity contribution in [3.8, 4) is 0 Å². The van der Waals surface area contributed by atoms with Gasteiger partial charge < -0.3 is 94.1 Å². The number of anilines is 1. The predicted molar refractivity (Wildman–Crippen MR) is 255 cm³/mol. The van der Waals surface area contributed by atoms with Crippen LogP contribution in [0, 0.1) is 0 Å². The molecule has 0 aliphatic carbocycles. The second-order valence-corrected chi connectivity index (χ2v) is 17.6. The molecule has 5 rings (SSSR count). The SMILES string of the molecule is Nc1ncnc2c1ncn2[C@@H]1O[C@H](COCC(=O)NCCOCCOCCOCCOCCOCCOCCOCCOCCOCCOCCNC(=O)CCCC[C@@H]2SC[C@@H]3NC(=O)N[C@@H]32)[C@@H](O)[C@H]1O. The lowest BCUT2D eigenvalue weighted by Crippen LogP contribution is -2.36. The summed E-state index contributed by atoms with van der Waals surface area (Å²) in [6, 6.07) is 0.377. The molecule has 3 saturated heterocycles. The number of nitrogens with two attached hydrogens (primary N) is 1. The van der Waals surface area contributed by atoms with Gasteiger partial charge in [-0.25, -0.2) is 19.7 Å². The van der Waals surface area contributed by atoms with Crippen LogP contribution in [0.15, 0.2) is 12.7 Å². The van der Waals surface area contributed by atoms with Crippen molar-refractivity contribution in [3.63, 3.8) is 0 Å². The number of hydrogen-bond acceptors (Lipinski definition) is 22. The summed E-state index contributed by atoms with van der Waals surface area (Å²) in [4.78, 5) is 47.9. The van der Waals surface area contributed by atoms with E-state index in [0.29, 0.717) is 155 Å². The van der Waals surface area contributed by atoms with Gasteiger partial charge in [0.2, 0.25) is 11.8 Å². The summed E-state index contributed by atoms with van der Waals surface area (Å²) in [5.41, 5.74) is 6.52. The molecule has 26 nitrogen and oxygen atoms in total. The molecule has 0 radical (unpaired) electrons. The number of aromatic nitrogens is 4. The number of nitrogens with one attached hydrogen (secondary N) is 4. The third-order valence-corrected chi connectivity index (χ3v) is 12.6. The highest BCUT2D eigenvalue weighted by atomic mass is 32.2. The zero-order valence-electron chi connectivity index (χ0n) is 40.5. The van der Waals surface area contributed by atoms with E-state index in [1.54, 1.807) is 0 Å². The Kier molecular flexibility index (Phi) is 29.1. The first-order valence-electron chi connectivity index (χ1n) is 24.3. The van der Waals surface area contributed by atoms with Crippen molar-refractivity contribution >= 4 is 46.6 Å². The zero-order chi connectivity index (χ0) is 50.1. The number of nitrogens with zero attached hydrogens (tertiary/aromatic N) is 4. The Labute approximate surface area is 418 Å². The maximum absolute atomic E-state index is 12.1. The highest BCUT2D eigenvalue weighted by Gasteiger charge is 2.45. The van der Waals surface area contributed by atoms with Crippen molar-refractivity contribution in [2.45, 2.75) is 67.6 Å². The molecule has 0 unspecified atom stereocenters. The van der Waals surface area contributed by atoms with E-state index in [1.807, 2.05) is 11.8 Å². The molecule has 8 N–H and O–H groups in total. The average Bonchev–Trinajstić information content (AvgIpc) is 4.13. The van der Waals surface area contributed by atoms with Crippen LogP contribution in [0.1, 0.15) is 31.9 Å². The number of aliphatic hydroxyl groups is 2. The minimum absolute atomic E-state index is 0.0319. The number of carbonyl (C=O) groups is 3. The molecule has 4 amide bonds. The summed E-state index contributed by atoms with van der Waals surface area (Å²) in [5.74, 6) is 0.792. The van der Waals surface area contributed by atoms with Crippen LogP contribution in [0.4, 0.5) is 10.6 Å². The molecule has 0 spiro atoms. The summed E-state index contributed by atoms with van der Waals surface area (Å²) in [7, 11) is 0. The van der Waals surface area contributed by atoms with Gasteiger partial charge in [0, 0.05) is 30.5 Å². The molecular weight excluding hydrogens is 959 g/mol. The van der Waals surface area contributed by atoms with Crippen LogP contribution in [0.3, 0.4) is 0 Å². The van der Waals surface area contributed by atoms with Crippen molar-refractivity contribution in [3.05, 3.63) is 12.7 Å². The Morgan fingerprint density at radius 1 is 0.676 bits per heavy atom. The Balaban J connectivity index is 0.657. The first kappa shape index (κ1) is 58.2. The monoisotopic (exact) mass is 1030 g/mol. The van der Waals surface area contributed by atoms with Gasteiger partial charge in [0.15, 0.2) is 17.7 Å². The summed E-state index contributed by atoms with van der Waals surface area (Å²) >= 11 is 1.89. The topological polar surface area (TPSA) is 320 Å². The summed E-state index contributed by atoms with van der Waals surface area (Å²) < 4.78 is 67.7. The van der Waals surface area contributed by atoms with E-state index < -0.39 is 24.5 Å². The largest absolute Gasteiger partial charge is 0.387 e. The number of unbranched alkanes of at least 4 members (excludes halogenated alkanes) is 1. The third kappa shape index (κ3) is 22.6. The number of amides is 4. The maximum atomic E-state index is 12.1. The molecule has 0 saturated carbocycles. The van der Waals surface area contributed by atoms with Gasteiger partial charge in [0.1, 0.15) is 36.8 Å². The lowest BCUT2D eigenvalue weighted by molar-refractivity contribution is -0.128. The van der Waals surface area contributed by atoms with E-state index in [0.717, 1.165) is 25.0 Å². The molecule has 2 aromatic rings. The second kappa shape index (κ2) is 35.5. The Morgan fingerprint density at radius 3 is 1.72 bits per heavy atom. The Hall–Kier alpha value is -3.65. The molecule has 0 aromatic carbocycles. The van der Waals surface area contributed by atoms with Crippen LogP contribution in [0.2, 0.25) is 0 Å². The van der Waals surface area contributed by atoms with E-state index in [2.05, 4.69) is 36.2 Å². The fourth-order valence-electron chi connectivity index (χ4n) is 7.44. The summed E-state index contributed by atoms with van der Waals surface area (Å²) in [5, 5.41) is 33.0. The molecule has 7 atom stereocenters. The fraction of sp³-hybridized carbons (Fsp3) is 0.818. The molecule has 3 aliphatic rings. The molecular formula is C44H75N9O17S. The van der Waals surface area contributed by atoms with Crippen molar-refractivity contribution < 1.29 is 81.4 Å². The van der Waals surface area contributed by atoms with E-state index in [9.17, 15) is 24.6 Å². The Morgan fingerprint density at radius 2 is 1.18 bits per heavy atom. The van der Waals surface area contributed by atoms with E-state index in [-0.39, 0.29) is 62.1 Å². The van der Waals surface area contributed by atoms with Crippen LogP contribution in [-0.4, -0.2) is 247 Å². The molecule has 27 heteroatoms. The smallest absolute Gasteiger partial charge is 0.315 e. The fourth-order valence-corrected chi connectivity index (χ4v) is 8.98. The summed E-state index contributed by atoms with van der Waals surface area (Å²) in [6.45, 7) is 8.97. The number of thioether (sulfide) groups is 1. The van der Waals surface area contributed by atoms with Gasteiger partial charge in [0.25, 0.3) is 0 Å². The van der Waals surface area contributed by atoms with Gasteiger partial charge in [-0.15, -0.1) is 0 Å². The van der Waals surface area contributed by atoms with Crippen LogP contribution < -0.4 is 27.0 Å². The van der Waals surface area contributed by atoms with Crippen molar-refractivity contribution in [2.75, 3.05) is 170 Å². The van der Waals surface area contributed by atoms with Crippen LogP contribution in [-0.2, 0) is 66.4 Å². The number of carbonyl (C=O) groups excluding carboxylic acids is 3. The van der Waals surface area contributed by atoms with Gasteiger partial charge in [0.05, 0.1) is 157 Å². The number of rotatable bonds is 43. The van der Waals surface area contributed by atoms with Crippen LogP contribution in [0.25, 0.3) is 11.2 Å². The molecule has 0 bridgehead atoms. The number of aliphatic hydroxyl groups excluding tert-OH is 2. The number of urea groups is 1. The maximum Gasteiger partial charge on any atom is 0.315 e. The molecule has 3 fully saturated rings. The molecule has 2 aromatic heterocycles. The zero-order valence-corrected chi connectivity index (χ0v) is 41.3. The van der Waals surface area contributed by atoms with E-state index in [1.165, 1.54) is 17.2 Å². The van der Waals surface area contributed by atoms with Crippen LogP contribution in [0.5, 0.6) is 0 Å². The van der Waals surface area contributed by atoms with Gasteiger partial charge in [-0.3, -0.25) is 14.2 Å². The number of fused-ring (bicyclic) bond motifs is 2. The van der Waals surface area contributed by atoms with Crippen molar-refractivity contribution in [1.29, 1.82) is 0 Å². The second-order valence-electron chi connectivity index (χ2n) is 16.3. The quantitative estimate of drug-likeness (QED) is 0.0284. The van der Waals surface area contributed by atoms with Crippen molar-refractivity contribution in [1.82, 2.24) is 40.8 Å². The van der Waals surface area contributed by atoms with Crippen LogP contribution >= 0.6 is 11.8 Å². The molecule has 71 heavy (non-hydrogen) atoms. The standard InChI is InChI=1S/C44H75N9O17S/c45-41-38-42(49-30-48-41)53(31-50-38)43-40(57)39(56)33(70-43)27-69-28-36(55)47-6-8-60-10-12-62-14-16-64-18-20-66-22-24-68-26-25-67-23-21-65-19-17-63-15-13-61-11-9-59-7-5-46-35(54)4-2-1-3-34-37-32(29-71-34)51-44(58)52-37/h30-34,37,39-40,43,56-57H,1-29H2,(H,46,54)(H,47,55)(H2,45,48,49)(H2,51,52,58)/t32-,33+,34-,37-,39+,40+,43+/m0/s1. The molecule has 5 heterocycles. The highest BCUT2D eigenvalue weighted by molar-refractivity contribution is 8.00. The minimum Gasteiger partial charge on any atom is -0.387 e. The lowest BCUT2D eigenvalue weighted by atomic mass is 10.0. The lowest BCUT2D eigenvalue weighted by Gasteiger charge is -2.16. The number of ether oxygens (including phenoxy) is 12. The van der Waals surface area contributed by atoms with E-state index in [4.69, 9.17) is 62.6 Å². The number of imidazole rings is 1. The predicted octanol–water partition coefficient (Wildman–Crippen LogP) is -1.83. The average molecular weight is 1030 g/mol. The van der Waals surface area contributed by atoms with Gasteiger partial charge in [-0.05, 0) is 12.8 Å². The van der Waals surface area contributed by atoms with Gasteiger partial charge >= 0.3 is 6.03 Å².